The van der Waals surface area contributed by atoms with Crippen molar-refractivity contribution in [3.8, 4) is 0 Å². The molecular formula is C15H19Cl2N3. The number of nitrogens with zero attached hydrogens (tertiary/aromatic N) is 2. The van der Waals surface area contributed by atoms with Gasteiger partial charge in [-0.05, 0) is 38.0 Å². The van der Waals surface area contributed by atoms with Crippen LogP contribution in [0.3, 0.4) is 0 Å². The van der Waals surface area contributed by atoms with E-state index in [9.17, 15) is 0 Å². The Morgan fingerprint density at radius 2 is 1.95 bits per heavy atom. The van der Waals surface area contributed by atoms with Crippen LogP contribution >= 0.6 is 23.2 Å². The van der Waals surface area contributed by atoms with E-state index in [4.69, 9.17) is 23.2 Å². The first kappa shape index (κ1) is 15.2. The maximum atomic E-state index is 6.29. The first-order chi connectivity index (χ1) is 9.65. The molecule has 20 heavy (non-hydrogen) atoms. The van der Waals surface area contributed by atoms with Crippen LogP contribution in [0.4, 0.5) is 5.69 Å². The van der Waals surface area contributed by atoms with Gasteiger partial charge in [-0.1, -0.05) is 23.7 Å². The Balaban J connectivity index is 2.05. The molecule has 1 heterocycles. The zero-order valence-corrected chi connectivity index (χ0v) is 13.3. The van der Waals surface area contributed by atoms with Gasteiger partial charge in [-0.2, -0.15) is 5.10 Å². The maximum Gasteiger partial charge on any atom is 0.0865 e. The first-order valence-electron chi connectivity index (χ1n) is 6.76. The standard InChI is InChI=1S/C15H19Cl2N3/c1-3-20-14(15(17)11(2)19-20)10-18-13-6-4-12(5-7-13)8-9-16/h4-7,18H,3,8-10H2,1-2H3. The van der Waals surface area contributed by atoms with Gasteiger partial charge in [0.25, 0.3) is 0 Å². The first-order valence-corrected chi connectivity index (χ1v) is 7.67. The fraction of sp³-hybridized carbons (Fsp3) is 0.400. The summed E-state index contributed by atoms with van der Waals surface area (Å²) in [5, 5.41) is 8.54. The minimum atomic E-state index is 0.650. The van der Waals surface area contributed by atoms with Crippen LogP contribution in [0.2, 0.25) is 5.02 Å². The second-order valence-electron chi connectivity index (χ2n) is 4.65. The number of halogens is 2. The van der Waals surface area contributed by atoms with E-state index >= 15 is 0 Å². The highest BCUT2D eigenvalue weighted by atomic mass is 35.5. The maximum absolute atomic E-state index is 6.29. The molecule has 0 aliphatic carbocycles. The number of alkyl halides is 1. The lowest BCUT2D eigenvalue weighted by molar-refractivity contribution is 0.623. The van der Waals surface area contributed by atoms with E-state index in [1.54, 1.807) is 0 Å². The fourth-order valence-electron chi connectivity index (χ4n) is 2.12. The number of aromatic nitrogens is 2. The highest BCUT2D eigenvalue weighted by molar-refractivity contribution is 6.31. The van der Waals surface area contributed by atoms with Crippen LogP contribution in [-0.2, 0) is 19.5 Å². The molecule has 3 nitrogen and oxygen atoms in total. The van der Waals surface area contributed by atoms with Crippen molar-refractivity contribution in [3.05, 3.63) is 46.2 Å². The van der Waals surface area contributed by atoms with Gasteiger partial charge in [0.05, 0.1) is 23.0 Å². The highest BCUT2D eigenvalue weighted by Crippen LogP contribution is 2.21. The van der Waals surface area contributed by atoms with E-state index in [1.165, 1.54) is 5.56 Å². The quantitative estimate of drug-likeness (QED) is 0.808. The van der Waals surface area contributed by atoms with E-state index in [-0.39, 0.29) is 0 Å². The smallest absolute Gasteiger partial charge is 0.0865 e. The van der Waals surface area contributed by atoms with E-state index in [2.05, 4.69) is 41.6 Å². The third-order valence-corrected chi connectivity index (χ3v) is 3.93. The van der Waals surface area contributed by atoms with Crippen molar-refractivity contribution in [2.24, 2.45) is 0 Å². The van der Waals surface area contributed by atoms with Gasteiger partial charge < -0.3 is 5.32 Å². The molecule has 0 spiro atoms. The second-order valence-corrected chi connectivity index (χ2v) is 5.41. The minimum Gasteiger partial charge on any atom is -0.379 e. The Hall–Kier alpha value is -1.19. The summed E-state index contributed by atoms with van der Waals surface area (Å²) in [5.74, 6) is 0.650. The van der Waals surface area contributed by atoms with Gasteiger partial charge in [0.1, 0.15) is 0 Å². The molecule has 0 atom stereocenters. The Morgan fingerprint density at radius 3 is 2.55 bits per heavy atom. The van der Waals surface area contributed by atoms with Gasteiger partial charge >= 0.3 is 0 Å². The molecule has 2 aromatic rings. The summed E-state index contributed by atoms with van der Waals surface area (Å²) in [4.78, 5) is 0. The third-order valence-electron chi connectivity index (χ3n) is 3.25. The van der Waals surface area contributed by atoms with Crippen LogP contribution in [0.15, 0.2) is 24.3 Å². The fourth-order valence-corrected chi connectivity index (χ4v) is 2.54. The van der Waals surface area contributed by atoms with Gasteiger partial charge in [0.15, 0.2) is 0 Å². The van der Waals surface area contributed by atoms with Gasteiger partial charge in [-0.15, -0.1) is 11.6 Å². The molecule has 1 N–H and O–H groups in total. The molecule has 2 rings (SSSR count). The van der Waals surface area contributed by atoms with Crippen LogP contribution in [0, 0.1) is 6.92 Å². The predicted octanol–water partition coefficient (Wildman–Crippen LogP) is 4.26. The zero-order valence-electron chi connectivity index (χ0n) is 11.8. The van der Waals surface area contributed by atoms with E-state index in [0.717, 1.165) is 35.1 Å². The summed E-state index contributed by atoms with van der Waals surface area (Å²) in [6.45, 7) is 5.48. The zero-order chi connectivity index (χ0) is 14.5. The lowest BCUT2D eigenvalue weighted by Gasteiger charge is -2.09. The van der Waals surface area contributed by atoms with Crippen LogP contribution in [0.1, 0.15) is 23.9 Å². The molecule has 0 saturated carbocycles. The number of nitrogens with one attached hydrogen (secondary N) is 1. The van der Waals surface area contributed by atoms with Crippen molar-refractivity contribution >= 4 is 28.9 Å². The molecule has 5 heteroatoms. The molecule has 1 aromatic carbocycles. The molecule has 0 radical (unpaired) electrons. The predicted molar refractivity (Wildman–Crippen MR) is 85.8 cm³/mol. The number of hydrogen-bond donors (Lipinski definition) is 1. The van der Waals surface area contributed by atoms with Crippen molar-refractivity contribution in [3.63, 3.8) is 0 Å². The van der Waals surface area contributed by atoms with Crippen molar-refractivity contribution in [1.29, 1.82) is 0 Å². The third kappa shape index (κ3) is 3.47. The van der Waals surface area contributed by atoms with Crippen LogP contribution in [-0.4, -0.2) is 15.7 Å². The molecule has 0 bridgehead atoms. The highest BCUT2D eigenvalue weighted by Gasteiger charge is 2.11. The van der Waals surface area contributed by atoms with Crippen LogP contribution in [0.5, 0.6) is 0 Å². The summed E-state index contributed by atoms with van der Waals surface area (Å²) in [6.07, 6.45) is 0.898. The average Bonchev–Trinajstić information content (AvgIpc) is 2.74. The SMILES string of the molecule is CCn1nc(C)c(Cl)c1CNc1ccc(CCCl)cc1. The van der Waals surface area contributed by atoms with E-state index < -0.39 is 0 Å². The van der Waals surface area contributed by atoms with Gasteiger partial charge in [0, 0.05) is 18.1 Å². The normalized spacial score (nSPS) is 10.8. The number of benzene rings is 1. The lowest BCUT2D eigenvalue weighted by atomic mass is 10.1. The summed E-state index contributed by atoms with van der Waals surface area (Å²) < 4.78 is 1.94. The summed E-state index contributed by atoms with van der Waals surface area (Å²) in [7, 11) is 0. The number of hydrogen-bond acceptors (Lipinski definition) is 2. The molecule has 0 aliphatic heterocycles. The van der Waals surface area contributed by atoms with Crippen molar-refractivity contribution in [2.45, 2.75) is 33.4 Å². The number of rotatable bonds is 6. The molecule has 0 unspecified atom stereocenters. The van der Waals surface area contributed by atoms with E-state index in [1.807, 2.05) is 11.6 Å². The number of anilines is 1. The molecule has 0 amide bonds. The second kappa shape index (κ2) is 7.00. The molecular weight excluding hydrogens is 293 g/mol. The Kier molecular flexibility index (Phi) is 5.32. The molecule has 108 valence electrons. The van der Waals surface area contributed by atoms with Crippen molar-refractivity contribution in [1.82, 2.24) is 9.78 Å². The monoisotopic (exact) mass is 311 g/mol. The molecule has 0 fully saturated rings. The average molecular weight is 312 g/mol. The Morgan fingerprint density at radius 1 is 1.25 bits per heavy atom. The van der Waals surface area contributed by atoms with Gasteiger partial charge in [-0.25, -0.2) is 0 Å². The molecule has 0 saturated heterocycles. The van der Waals surface area contributed by atoms with Gasteiger partial charge in [-0.3, -0.25) is 4.68 Å². The molecule has 1 aromatic heterocycles. The van der Waals surface area contributed by atoms with E-state index in [0.29, 0.717) is 12.4 Å². The Bertz CT molecular complexity index is 561. The van der Waals surface area contributed by atoms with Crippen LogP contribution in [0.25, 0.3) is 0 Å². The molecule has 0 aliphatic rings. The lowest BCUT2D eigenvalue weighted by Crippen LogP contribution is -2.08. The van der Waals surface area contributed by atoms with Gasteiger partial charge in [0.2, 0.25) is 0 Å². The topological polar surface area (TPSA) is 29.9 Å². The van der Waals surface area contributed by atoms with Crippen molar-refractivity contribution < 1.29 is 0 Å². The largest absolute Gasteiger partial charge is 0.379 e. The minimum absolute atomic E-state index is 0.650. The summed E-state index contributed by atoms with van der Waals surface area (Å²) in [6, 6.07) is 8.31. The summed E-state index contributed by atoms with van der Waals surface area (Å²) >= 11 is 12.0. The number of aryl methyl sites for hydroxylation is 3. The Labute approximate surface area is 129 Å². The van der Waals surface area contributed by atoms with Crippen molar-refractivity contribution in [2.75, 3.05) is 11.2 Å². The van der Waals surface area contributed by atoms with Crippen LogP contribution < -0.4 is 5.32 Å². The summed E-state index contributed by atoms with van der Waals surface area (Å²) in [5.41, 5.74) is 4.22.